The zero-order chi connectivity index (χ0) is 14.9. The van der Waals surface area contributed by atoms with E-state index in [0.29, 0.717) is 26.2 Å². The van der Waals surface area contributed by atoms with Gasteiger partial charge in [-0.25, -0.2) is 4.98 Å². The molecule has 2 rings (SSSR count). The van der Waals surface area contributed by atoms with Crippen LogP contribution in [0.1, 0.15) is 31.9 Å². The summed E-state index contributed by atoms with van der Waals surface area (Å²) in [4.78, 5) is 17.2. The van der Waals surface area contributed by atoms with Gasteiger partial charge >= 0.3 is 0 Å². The Kier molecular flexibility index (Phi) is 4.44. The lowest BCUT2D eigenvalue weighted by atomic mass is 9.94. The predicted molar refractivity (Wildman–Crippen MR) is 80.7 cm³/mol. The van der Waals surface area contributed by atoms with E-state index in [2.05, 4.69) is 4.98 Å². The maximum absolute atomic E-state index is 12.5. The summed E-state index contributed by atoms with van der Waals surface area (Å²) in [5.74, 6) is -1.33. The number of nitrogens with zero attached hydrogens (tertiary/aromatic N) is 2. The molecule has 1 atom stereocenters. The number of carbonyl (C=O) groups excluding carboxylic acids is 1. The summed E-state index contributed by atoms with van der Waals surface area (Å²) in [6.45, 7) is 3.57. The van der Waals surface area contributed by atoms with Crippen molar-refractivity contribution in [2.75, 3.05) is 0 Å². The van der Waals surface area contributed by atoms with Gasteiger partial charge < -0.3 is 0 Å². The molecule has 0 aliphatic rings. The second-order valence-corrected chi connectivity index (χ2v) is 6.23. The molecule has 102 valence electrons. The van der Waals surface area contributed by atoms with Crippen LogP contribution in [0.25, 0.3) is 0 Å². The summed E-state index contributed by atoms with van der Waals surface area (Å²) in [5.41, 5.74) is 0.981. The molecule has 3 nitrogen and oxygen atoms in total. The number of halogens is 2. The Morgan fingerprint density at radius 2 is 1.95 bits per heavy atom. The number of hydrogen-bond acceptors (Lipinski definition) is 4. The molecule has 0 spiro atoms. The van der Waals surface area contributed by atoms with Crippen LogP contribution in [0.2, 0.25) is 10.0 Å². The van der Waals surface area contributed by atoms with Crippen molar-refractivity contribution in [2.24, 2.45) is 0 Å². The van der Waals surface area contributed by atoms with Gasteiger partial charge in [0.25, 0.3) is 0 Å². The highest BCUT2D eigenvalue weighted by molar-refractivity contribution is 7.13. The first-order valence-electron chi connectivity index (χ1n) is 5.77. The third-order valence-corrected chi connectivity index (χ3v) is 4.55. The number of aromatic nitrogens is 1. The molecule has 1 unspecified atom stereocenters. The van der Waals surface area contributed by atoms with E-state index in [1.807, 2.05) is 13.0 Å². The number of ketones is 1. The summed E-state index contributed by atoms with van der Waals surface area (Å²) in [5, 5.41) is 10.8. The molecule has 0 saturated carbocycles. The van der Waals surface area contributed by atoms with Gasteiger partial charge in [0.2, 0.25) is 0 Å². The molecule has 1 heterocycles. The fourth-order valence-electron chi connectivity index (χ4n) is 1.93. The fourth-order valence-corrected chi connectivity index (χ4v) is 3.44. The van der Waals surface area contributed by atoms with Gasteiger partial charge in [0.15, 0.2) is 5.78 Å². The lowest BCUT2D eigenvalue weighted by Gasteiger charge is -2.11. The zero-order valence-electron chi connectivity index (χ0n) is 10.8. The summed E-state index contributed by atoms with van der Waals surface area (Å²) >= 11 is 13.4. The van der Waals surface area contributed by atoms with E-state index >= 15 is 0 Å². The van der Waals surface area contributed by atoms with Gasteiger partial charge in [-0.05, 0) is 26.0 Å². The SMILES string of the molecule is Cc1nc(C)c(C(=O)C(C#N)c2c(Cl)cccc2Cl)s1. The Labute approximate surface area is 130 Å². The topological polar surface area (TPSA) is 53.8 Å². The summed E-state index contributed by atoms with van der Waals surface area (Å²) in [7, 11) is 0. The molecule has 0 saturated heterocycles. The smallest absolute Gasteiger partial charge is 0.196 e. The maximum atomic E-state index is 12.5. The maximum Gasteiger partial charge on any atom is 0.196 e. The van der Waals surface area contributed by atoms with Crippen molar-refractivity contribution in [1.82, 2.24) is 4.98 Å². The van der Waals surface area contributed by atoms with E-state index in [9.17, 15) is 10.1 Å². The quantitative estimate of drug-likeness (QED) is 0.778. The lowest BCUT2D eigenvalue weighted by Crippen LogP contribution is -2.12. The monoisotopic (exact) mass is 324 g/mol. The van der Waals surface area contributed by atoms with Crippen LogP contribution in [0.3, 0.4) is 0 Å². The Bertz CT molecular complexity index is 698. The highest BCUT2D eigenvalue weighted by Gasteiger charge is 2.28. The number of hydrogen-bond donors (Lipinski definition) is 0. The van der Waals surface area contributed by atoms with Gasteiger partial charge in [-0.3, -0.25) is 4.79 Å². The van der Waals surface area contributed by atoms with Crippen molar-refractivity contribution >= 4 is 40.3 Å². The summed E-state index contributed by atoms with van der Waals surface area (Å²) in [6.07, 6.45) is 0. The van der Waals surface area contributed by atoms with E-state index in [-0.39, 0.29) is 5.78 Å². The highest BCUT2D eigenvalue weighted by atomic mass is 35.5. The first-order valence-corrected chi connectivity index (χ1v) is 7.34. The highest BCUT2D eigenvalue weighted by Crippen LogP contribution is 2.34. The molecule has 0 N–H and O–H groups in total. The third-order valence-electron chi connectivity index (χ3n) is 2.81. The molecule has 0 amide bonds. The fraction of sp³-hybridized carbons (Fsp3) is 0.214. The van der Waals surface area contributed by atoms with Crippen LogP contribution < -0.4 is 0 Å². The van der Waals surface area contributed by atoms with E-state index in [0.717, 1.165) is 5.01 Å². The van der Waals surface area contributed by atoms with E-state index in [1.165, 1.54) is 11.3 Å². The van der Waals surface area contributed by atoms with Crippen molar-refractivity contribution in [3.63, 3.8) is 0 Å². The van der Waals surface area contributed by atoms with E-state index in [1.54, 1.807) is 25.1 Å². The van der Waals surface area contributed by atoms with Crippen LogP contribution in [0.5, 0.6) is 0 Å². The number of benzene rings is 1. The van der Waals surface area contributed by atoms with Gasteiger partial charge in [-0.15, -0.1) is 11.3 Å². The van der Waals surface area contributed by atoms with Crippen molar-refractivity contribution in [1.29, 1.82) is 5.26 Å². The van der Waals surface area contributed by atoms with Crippen LogP contribution in [0, 0.1) is 25.2 Å². The zero-order valence-corrected chi connectivity index (χ0v) is 13.1. The Hall–Kier alpha value is -1.41. The van der Waals surface area contributed by atoms with Crippen molar-refractivity contribution < 1.29 is 4.79 Å². The van der Waals surface area contributed by atoms with Crippen LogP contribution in [-0.4, -0.2) is 10.8 Å². The number of thiazole rings is 1. The molecule has 6 heteroatoms. The molecule has 0 bridgehead atoms. The Morgan fingerprint density at radius 1 is 1.35 bits per heavy atom. The van der Waals surface area contributed by atoms with Crippen molar-refractivity contribution in [3.8, 4) is 6.07 Å². The molecule has 0 radical (unpaired) electrons. The molecule has 1 aromatic heterocycles. The minimum atomic E-state index is -1.02. The number of Topliss-reactive ketones (excluding diaryl/α,β-unsaturated/α-hetero) is 1. The Morgan fingerprint density at radius 3 is 2.40 bits per heavy atom. The van der Waals surface area contributed by atoms with Crippen LogP contribution >= 0.6 is 34.5 Å². The number of rotatable bonds is 3. The van der Waals surface area contributed by atoms with Gasteiger partial charge in [-0.2, -0.15) is 5.26 Å². The lowest BCUT2D eigenvalue weighted by molar-refractivity contribution is 0.0982. The standard InChI is InChI=1S/C14H10Cl2N2OS/c1-7-14(20-8(2)18-7)13(19)9(6-17)12-10(15)4-3-5-11(12)16/h3-5,9H,1-2H3. The molecular weight excluding hydrogens is 315 g/mol. The predicted octanol–water partition coefficient (Wildman–Crippen LogP) is 4.56. The molecule has 0 aliphatic heterocycles. The average molecular weight is 325 g/mol. The van der Waals surface area contributed by atoms with E-state index < -0.39 is 5.92 Å². The molecule has 1 aromatic carbocycles. The van der Waals surface area contributed by atoms with Crippen LogP contribution in [0.15, 0.2) is 18.2 Å². The second-order valence-electron chi connectivity index (χ2n) is 4.21. The Balaban J connectivity index is 2.51. The summed E-state index contributed by atoms with van der Waals surface area (Å²) < 4.78 is 0. The largest absolute Gasteiger partial charge is 0.291 e. The first-order chi connectivity index (χ1) is 9.45. The number of aryl methyl sites for hydroxylation is 2. The second kappa shape index (κ2) is 5.92. The normalized spacial score (nSPS) is 11.9. The van der Waals surface area contributed by atoms with E-state index in [4.69, 9.17) is 23.2 Å². The number of carbonyl (C=O) groups is 1. The summed E-state index contributed by atoms with van der Waals surface area (Å²) in [6, 6.07) is 6.90. The molecule has 2 aromatic rings. The molecular formula is C14H10Cl2N2OS. The average Bonchev–Trinajstić information content (AvgIpc) is 2.72. The van der Waals surface area contributed by atoms with Crippen LogP contribution in [0.4, 0.5) is 0 Å². The third kappa shape index (κ3) is 2.71. The van der Waals surface area contributed by atoms with Gasteiger partial charge in [-0.1, -0.05) is 29.3 Å². The van der Waals surface area contributed by atoms with Crippen molar-refractivity contribution in [3.05, 3.63) is 49.4 Å². The van der Waals surface area contributed by atoms with Gasteiger partial charge in [0.1, 0.15) is 5.92 Å². The minimum Gasteiger partial charge on any atom is -0.291 e. The first kappa shape index (κ1) is 15.0. The van der Waals surface area contributed by atoms with Gasteiger partial charge in [0, 0.05) is 15.6 Å². The molecule has 20 heavy (non-hydrogen) atoms. The molecule has 0 fully saturated rings. The van der Waals surface area contributed by atoms with Gasteiger partial charge in [0.05, 0.1) is 21.6 Å². The minimum absolute atomic E-state index is 0.314. The van der Waals surface area contributed by atoms with Crippen molar-refractivity contribution in [2.45, 2.75) is 19.8 Å². The number of nitriles is 1. The van der Waals surface area contributed by atoms with Crippen LogP contribution in [-0.2, 0) is 0 Å². The molecule has 0 aliphatic carbocycles.